The van der Waals surface area contributed by atoms with E-state index in [-0.39, 0.29) is 0 Å². The molecule has 0 aromatic rings. The molecule has 0 aliphatic carbocycles. The number of hydrogen-bond acceptors (Lipinski definition) is 3. The minimum atomic E-state index is -0.919. The first-order valence-electron chi connectivity index (χ1n) is 5.49. The molecule has 0 unspecified atom stereocenters. The number of carboxylic acids is 1. The van der Waals surface area contributed by atoms with Crippen LogP contribution in [-0.2, 0) is 14.1 Å². The predicted molar refractivity (Wildman–Crippen MR) is 62.1 cm³/mol. The van der Waals surface area contributed by atoms with Crippen LogP contribution < -0.4 is 0 Å². The van der Waals surface area contributed by atoms with E-state index >= 15 is 0 Å². The van der Waals surface area contributed by atoms with Crippen LogP contribution in [0.15, 0.2) is 11.5 Å². The van der Waals surface area contributed by atoms with Crippen LogP contribution in [0.5, 0.6) is 0 Å². The van der Waals surface area contributed by atoms with Gasteiger partial charge in [-0.3, -0.25) is 0 Å². The van der Waals surface area contributed by atoms with Gasteiger partial charge in [-0.25, -0.2) is 4.79 Å². The fourth-order valence-electron chi connectivity index (χ4n) is 1.46. The van der Waals surface area contributed by atoms with E-state index in [2.05, 4.69) is 0 Å². The molecule has 1 fully saturated rings. The Balaban J connectivity index is 2.84. The summed E-state index contributed by atoms with van der Waals surface area (Å²) in [4.78, 5) is 10.9. The molecular formula is C11H19BO4. The number of aliphatic carboxylic acids is 1. The van der Waals surface area contributed by atoms with E-state index in [1.54, 1.807) is 12.9 Å². The van der Waals surface area contributed by atoms with Gasteiger partial charge in [0.15, 0.2) is 0 Å². The Morgan fingerprint density at radius 2 is 1.69 bits per heavy atom. The number of rotatable bonds is 3. The zero-order valence-electron chi connectivity index (χ0n) is 10.5. The summed E-state index contributed by atoms with van der Waals surface area (Å²) < 4.78 is 11.4. The summed E-state index contributed by atoms with van der Waals surface area (Å²) in [6, 6.07) is 0. The van der Waals surface area contributed by atoms with Gasteiger partial charge in [-0.05, 0) is 40.1 Å². The highest BCUT2D eigenvalue weighted by Gasteiger charge is 2.50. The second-order valence-electron chi connectivity index (χ2n) is 4.98. The number of hydrogen-bond donors (Lipinski definition) is 1. The average Bonchev–Trinajstić information content (AvgIpc) is 2.31. The van der Waals surface area contributed by atoms with Crippen molar-refractivity contribution < 1.29 is 19.2 Å². The molecular weight excluding hydrogens is 207 g/mol. The molecule has 1 N–H and O–H groups in total. The summed E-state index contributed by atoms with van der Waals surface area (Å²) in [6.45, 7) is 9.55. The molecule has 0 spiro atoms. The summed E-state index contributed by atoms with van der Waals surface area (Å²) in [5, 5.41) is 8.91. The number of carbonyl (C=O) groups is 1. The average molecular weight is 226 g/mol. The van der Waals surface area contributed by atoms with Crippen LogP contribution in [0.1, 0.15) is 41.0 Å². The molecule has 1 rings (SSSR count). The van der Waals surface area contributed by atoms with Gasteiger partial charge in [0.2, 0.25) is 0 Å². The molecule has 0 amide bonds. The highest BCUT2D eigenvalue weighted by molar-refractivity contribution is 6.52. The molecule has 16 heavy (non-hydrogen) atoms. The fourth-order valence-corrected chi connectivity index (χ4v) is 1.46. The third-order valence-corrected chi connectivity index (χ3v) is 3.26. The Bertz CT molecular complexity index is 304. The van der Waals surface area contributed by atoms with Crippen molar-refractivity contribution >= 4 is 13.1 Å². The van der Waals surface area contributed by atoms with Crippen molar-refractivity contribution in [3.05, 3.63) is 11.5 Å². The monoisotopic (exact) mass is 226 g/mol. The van der Waals surface area contributed by atoms with Crippen molar-refractivity contribution in [3.63, 3.8) is 0 Å². The zero-order valence-corrected chi connectivity index (χ0v) is 10.5. The number of carboxylic acid groups (broad SMARTS) is 1. The van der Waals surface area contributed by atoms with Crippen molar-refractivity contribution in [2.45, 2.75) is 52.2 Å². The van der Waals surface area contributed by atoms with Gasteiger partial charge in [0.05, 0.1) is 11.2 Å². The Kier molecular flexibility index (Phi) is 3.50. The van der Waals surface area contributed by atoms with Gasteiger partial charge in [-0.2, -0.15) is 0 Å². The first-order valence-corrected chi connectivity index (χ1v) is 5.49. The van der Waals surface area contributed by atoms with E-state index in [1.807, 2.05) is 27.7 Å². The summed E-state index contributed by atoms with van der Waals surface area (Å²) in [5.41, 5.74) is -0.532. The second-order valence-corrected chi connectivity index (χ2v) is 4.98. The molecule has 1 aliphatic heterocycles. The van der Waals surface area contributed by atoms with Crippen molar-refractivity contribution in [2.24, 2.45) is 0 Å². The molecule has 0 atom stereocenters. The van der Waals surface area contributed by atoms with Crippen LogP contribution in [0, 0.1) is 0 Å². The van der Waals surface area contributed by atoms with E-state index in [4.69, 9.17) is 14.4 Å². The Hall–Kier alpha value is -0.805. The van der Waals surface area contributed by atoms with Crippen molar-refractivity contribution in [1.82, 2.24) is 0 Å². The van der Waals surface area contributed by atoms with Crippen molar-refractivity contribution in [3.8, 4) is 0 Å². The summed E-state index contributed by atoms with van der Waals surface area (Å²) in [7, 11) is -0.573. The minimum absolute atomic E-state index is 0.318. The van der Waals surface area contributed by atoms with Crippen LogP contribution in [0.25, 0.3) is 0 Å². The SMILES string of the molecule is CCC(=CB1OC(C)(C)C(C)(C)O1)C(=O)O. The maximum Gasteiger partial charge on any atom is 0.487 e. The lowest BCUT2D eigenvalue weighted by Gasteiger charge is -2.32. The van der Waals surface area contributed by atoms with Gasteiger partial charge in [0.1, 0.15) is 0 Å². The van der Waals surface area contributed by atoms with Gasteiger partial charge in [-0.15, -0.1) is 0 Å². The quantitative estimate of drug-likeness (QED) is 0.590. The molecule has 0 bridgehead atoms. The molecule has 0 aromatic heterocycles. The first-order chi connectivity index (χ1) is 7.19. The summed E-state index contributed by atoms with van der Waals surface area (Å²) >= 11 is 0. The molecule has 0 aromatic carbocycles. The van der Waals surface area contributed by atoms with Crippen LogP contribution in [0.3, 0.4) is 0 Å². The van der Waals surface area contributed by atoms with E-state index in [0.29, 0.717) is 12.0 Å². The van der Waals surface area contributed by atoms with Crippen molar-refractivity contribution in [1.29, 1.82) is 0 Å². The lowest BCUT2D eigenvalue weighted by Crippen LogP contribution is -2.41. The molecule has 5 heteroatoms. The zero-order chi connectivity index (χ0) is 12.6. The summed E-state index contributed by atoms with van der Waals surface area (Å²) in [6.07, 6.45) is 0.458. The van der Waals surface area contributed by atoms with Crippen LogP contribution in [-0.4, -0.2) is 29.4 Å². The normalized spacial score (nSPS) is 23.6. The minimum Gasteiger partial charge on any atom is -0.478 e. The van der Waals surface area contributed by atoms with Gasteiger partial charge in [0, 0.05) is 5.57 Å². The topological polar surface area (TPSA) is 55.8 Å². The van der Waals surface area contributed by atoms with E-state index in [1.165, 1.54) is 0 Å². The molecule has 0 radical (unpaired) electrons. The van der Waals surface area contributed by atoms with Gasteiger partial charge in [-0.1, -0.05) is 6.92 Å². The van der Waals surface area contributed by atoms with Crippen molar-refractivity contribution in [2.75, 3.05) is 0 Å². The fraction of sp³-hybridized carbons (Fsp3) is 0.727. The maximum atomic E-state index is 10.9. The summed E-state index contributed by atoms with van der Waals surface area (Å²) in [5.74, 6) is 0.621. The molecule has 90 valence electrons. The Labute approximate surface area is 96.8 Å². The van der Waals surface area contributed by atoms with E-state index < -0.39 is 24.3 Å². The highest BCUT2D eigenvalue weighted by atomic mass is 16.7. The lowest BCUT2D eigenvalue weighted by molar-refractivity contribution is -0.132. The van der Waals surface area contributed by atoms with Gasteiger partial charge >= 0.3 is 13.1 Å². The van der Waals surface area contributed by atoms with Crippen LogP contribution >= 0.6 is 0 Å². The molecule has 1 aliphatic rings. The first kappa shape index (κ1) is 13.3. The lowest BCUT2D eigenvalue weighted by atomic mass is 9.86. The third-order valence-electron chi connectivity index (χ3n) is 3.26. The molecule has 0 saturated carbocycles. The van der Waals surface area contributed by atoms with Crippen LogP contribution in [0.2, 0.25) is 0 Å². The second kappa shape index (κ2) is 4.22. The van der Waals surface area contributed by atoms with Crippen LogP contribution in [0.4, 0.5) is 0 Å². The van der Waals surface area contributed by atoms with E-state index in [9.17, 15) is 4.79 Å². The predicted octanol–water partition coefficient (Wildman–Crippen LogP) is 2.04. The molecule has 1 saturated heterocycles. The van der Waals surface area contributed by atoms with Gasteiger partial charge in [0.25, 0.3) is 0 Å². The third kappa shape index (κ3) is 2.47. The smallest absolute Gasteiger partial charge is 0.478 e. The standard InChI is InChI=1S/C11H19BO4/c1-6-8(9(13)14)7-12-15-10(2,3)11(4,5)16-12/h7H,6H2,1-5H3,(H,13,14). The Morgan fingerprint density at radius 3 is 2.00 bits per heavy atom. The molecule has 4 nitrogen and oxygen atoms in total. The Morgan fingerprint density at radius 1 is 1.25 bits per heavy atom. The largest absolute Gasteiger partial charge is 0.487 e. The van der Waals surface area contributed by atoms with E-state index in [0.717, 1.165) is 0 Å². The van der Waals surface area contributed by atoms with Gasteiger partial charge < -0.3 is 14.4 Å². The maximum absolute atomic E-state index is 10.9. The molecule has 1 heterocycles. The highest BCUT2D eigenvalue weighted by Crippen LogP contribution is 2.37.